The van der Waals surface area contributed by atoms with Gasteiger partial charge in [0, 0.05) is 43.5 Å². The third kappa shape index (κ3) is 4.04. The molecule has 30 heavy (non-hydrogen) atoms. The van der Waals surface area contributed by atoms with Gasteiger partial charge < -0.3 is 9.80 Å². The molecule has 0 saturated carbocycles. The van der Waals surface area contributed by atoms with Crippen LogP contribution in [0.2, 0.25) is 0 Å². The summed E-state index contributed by atoms with van der Waals surface area (Å²) in [5.41, 5.74) is 0.488. The van der Waals surface area contributed by atoms with Gasteiger partial charge in [0.05, 0.1) is 16.0 Å². The second-order valence-corrected chi connectivity index (χ2v) is 9.19. The predicted octanol–water partition coefficient (Wildman–Crippen LogP) is 3.38. The lowest BCUT2D eigenvalue weighted by Gasteiger charge is -2.37. The Hall–Kier alpha value is -2.88. The molecular weight excluding hydrogens is 417 g/mol. The van der Waals surface area contributed by atoms with Crippen LogP contribution < -0.4 is 9.80 Å². The predicted molar refractivity (Wildman–Crippen MR) is 109 cm³/mol. The molecule has 3 aromatic rings. The molecule has 0 bridgehead atoms. The van der Waals surface area contributed by atoms with Crippen LogP contribution in [-0.2, 0) is 16.0 Å². The molecule has 2 aromatic carbocycles. The summed E-state index contributed by atoms with van der Waals surface area (Å²) in [5.74, 6) is 0.620. The van der Waals surface area contributed by atoms with Crippen LogP contribution in [0.15, 0.2) is 53.7 Å². The molecule has 0 atom stereocenters. The van der Waals surface area contributed by atoms with Crippen LogP contribution in [-0.4, -0.2) is 50.8 Å². The second-order valence-electron chi connectivity index (χ2n) is 7.17. The van der Waals surface area contributed by atoms with E-state index in [1.165, 1.54) is 18.5 Å². The minimum atomic E-state index is -4.38. The van der Waals surface area contributed by atoms with Crippen molar-refractivity contribution in [3.8, 4) is 0 Å². The lowest BCUT2D eigenvalue weighted by Crippen LogP contribution is -2.47. The van der Waals surface area contributed by atoms with E-state index in [4.69, 9.17) is 0 Å². The topological polar surface area (TPSA) is 66.4 Å². The summed E-state index contributed by atoms with van der Waals surface area (Å²) in [7, 11) is -3.38. The SMILES string of the molecule is CS(=O)(=O)c1ccc2ncnc(N3CCN(c4cccc(C(F)(F)F)c4)CC3)c2c1. The molecule has 1 aliphatic rings. The van der Waals surface area contributed by atoms with Gasteiger partial charge in [0.25, 0.3) is 0 Å². The molecule has 4 rings (SSSR count). The minimum absolute atomic E-state index is 0.189. The summed E-state index contributed by atoms with van der Waals surface area (Å²) in [6.07, 6.45) is -1.81. The molecule has 0 radical (unpaired) electrons. The average molecular weight is 436 g/mol. The van der Waals surface area contributed by atoms with Crippen LogP contribution in [0.3, 0.4) is 0 Å². The van der Waals surface area contributed by atoms with E-state index in [1.807, 2.05) is 9.80 Å². The summed E-state index contributed by atoms with van der Waals surface area (Å²) < 4.78 is 62.8. The van der Waals surface area contributed by atoms with E-state index in [0.717, 1.165) is 18.4 Å². The number of anilines is 2. The standard InChI is InChI=1S/C20H19F3N4O2S/c1-30(28,29)16-5-6-18-17(12-16)19(25-13-24-18)27-9-7-26(8-10-27)15-4-2-3-14(11-15)20(21,22)23/h2-6,11-13H,7-10H2,1H3. The molecule has 1 saturated heterocycles. The highest BCUT2D eigenvalue weighted by Crippen LogP contribution is 2.32. The first-order valence-electron chi connectivity index (χ1n) is 9.25. The number of nitrogens with zero attached hydrogens (tertiary/aromatic N) is 4. The number of alkyl halides is 3. The number of piperazine rings is 1. The summed E-state index contributed by atoms with van der Waals surface area (Å²) in [6, 6.07) is 10.0. The Balaban J connectivity index is 1.58. The third-order valence-corrected chi connectivity index (χ3v) is 6.24. The fourth-order valence-corrected chi connectivity index (χ4v) is 4.21. The molecule has 1 fully saturated rings. The zero-order valence-corrected chi connectivity index (χ0v) is 16.9. The summed E-state index contributed by atoms with van der Waals surface area (Å²) in [6.45, 7) is 2.09. The third-order valence-electron chi connectivity index (χ3n) is 5.13. The molecule has 158 valence electrons. The fraction of sp³-hybridized carbons (Fsp3) is 0.300. The monoisotopic (exact) mass is 436 g/mol. The molecule has 0 N–H and O–H groups in total. The Morgan fingerprint density at radius 1 is 0.933 bits per heavy atom. The molecule has 6 nitrogen and oxygen atoms in total. The first kappa shape index (κ1) is 20.4. The zero-order valence-electron chi connectivity index (χ0n) is 16.1. The van der Waals surface area contributed by atoms with Gasteiger partial charge in [0.2, 0.25) is 0 Å². The van der Waals surface area contributed by atoms with E-state index in [1.54, 1.807) is 18.2 Å². The number of benzene rings is 2. The van der Waals surface area contributed by atoms with E-state index in [9.17, 15) is 21.6 Å². The summed E-state index contributed by atoms with van der Waals surface area (Å²) in [4.78, 5) is 12.6. The molecule has 0 aliphatic carbocycles. The molecule has 0 unspecified atom stereocenters. The number of aromatic nitrogens is 2. The lowest BCUT2D eigenvalue weighted by molar-refractivity contribution is -0.137. The van der Waals surface area contributed by atoms with Crippen molar-refractivity contribution in [2.75, 3.05) is 42.2 Å². The highest BCUT2D eigenvalue weighted by Gasteiger charge is 2.31. The Labute approximate surface area is 171 Å². The van der Waals surface area contributed by atoms with Crippen LogP contribution in [0.4, 0.5) is 24.7 Å². The average Bonchev–Trinajstić information content (AvgIpc) is 2.72. The van der Waals surface area contributed by atoms with Crippen molar-refractivity contribution >= 4 is 32.2 Å². The number of halogens is 3. The Morgan fingerprint density at radius 2 is 1.63 bits per heavy atom. The van der Waals surface area contributed by atoms with Crippen molar-refractivity contribution in [3.63, 3.8) is 0 Å². The van der Waals surface area contributed by atoms with Crippen molar-refractivity contribution in [2.24, 2.45) is 0 Å². The van der Waals surface area contributed by atoms with E-state index in [0.29, 0.717) is 48.6 Å². The fourth-order valence-electron chi connectivity index (χ4n) is 3.56. The lowest BCUT2D eigenvalue weighted by atomic mass is 10.1. The molecular formula is C20H19F3N4O2S. The van der Waals surface area contributed by atoms with Gasteiger partial charge in [-0.05, 0) is 36.4 Å². The second kappa shape index (κ2) is 7.42. The number of hydrogen-bond donors (Lipinski definition) is 0. The summed E-state index contributed by atoms with van der Waals surface area (Å²) in [5, 5.41) is 0.632. The van der Waals surface area contributed by atoms with Gasteiger partial charge in [-0.1, -0.05) is 6.07 Å². The largest absolute Gasteiger partial charge is 0.416 e. The first-order chi connectivity index (χ1) is 14.1. The van der Waals surface area contributed by atoms with Gasteiger partial charge in [0.1, 0.15) is 12.1 Å². The zero-order chi connectivity index (χ0) is 21.5. The molecule has 0 spiro atoms. The van der Waals surface area contributed by atoms with Gasteiger partial charge in [-0.25, -0.2) is 18.4 Å². The normalized spacial score (nSPS) is 15.6. The van der Waals surface area contributed by atoms with Crippen molar-refractivity contribution < 1.29 is 21.6 Å². The molecule has 2 heterocycles. The van der Waals surface area contributed by atoms with Gasteiger partial charge in [-0.3, -0.25) is 0 Å². The van der Waals surface area contributed by atoms with Gasteiger partial charge in [-0.15, -0.1) is 0 Å². The van der Waals surface area contributed by atoms with E-state index in [2.05, 4.69) is 9.97 Å². The Kier molecular flexibility index (Phi) is 5.05. The van der Waals surface area contributed by atoms with Crippen LogP contribution in [0.5, 0.6) is 0 Å². The van der Waals surface area contributed by atoms with Crippen LogP contribution in [0.1, 0.15) is 5.56 Å². The van der Waals surface area contributed by atoms with E-state index < -0.39 is 21.6 Å². The van der Waals surface area contributed by atoms with Crippen molar-refractivity contribution in [1.29, 1.82) is 0 Å². The van der Waals surface area contributed by atoms with Gasteiger partial charge in [0.15, 0.2) is 9.84 Å². The Morgan fingerprint density at radius 3 is 2.30 bits per heavy atom. The van der Waals surface area contributed by atoms with Gasteiger partial charge in [-0.2, -0.15) is 13.2 Å². The van der Waals surface area contributed by atoms with Crippen LogP contribution >= 0.6 is 0 Å². The number of hydrogen-bond acceptors (Lipinski definition) is 6. The molecule has 1 aliphatic heterocycles. The summed E-state index contributed by atoms with van der Waals surface area (Å²) >= 11 is 0. The van der Waals surface area contributed by atoms with Crippen molar-refractivity contribution in [3.05, 3.63) is 54.4 Å². The molecule has 1 aromatic heterocycles. The number of rotatable bonds is 3. The Bertz CT molecular complexity index is 1190. The van der Waals surface area contributed by atoms with E-state index >= 15 is 0 Å². The number of fused-ring (bicyclic) bond motifs is 1. The van der Waals surface area contributed by atoms with Crippen LogP contribution in [0.25, 0.3) is 10.9 Å². The quantitative estimate of drug-likeness (QED) is 0.627. The van der Waals surface area contributed by atoms with Crippen molar-refractivity contribution in [1.82, 2.24) is 9.97 Å². The van der Waals surface area contributed by atoms with Crippen LogP contribution in [0, 0.1) is 0 Å². The highest BCUT2D eigenvalue weighted by molar-refractivity contribution is 7.90. The highest BCUT2D eigenvalue weighted by atomic mass is 32.2. The molecule has 0 amide bonds. The smallest absolute Gasteiger partial charge is 0.368 e. The minimum Gasteiger partial charge on any atom is -0.368 e. The molecule has 10 heteroatoms. The maximum Gasteiger partial charge on any atom is 0.416 e. The van der Waals surface area contributed by atoms with Gasteiger partial charge >= 0.3 is 6.18 Å². The maximum atomic E-state index is 13.0. The van der Waals surface area contributed by atoms with E-state index in [-0.39, 0.29) is 4.90 Å². The first-order valence-corrected chi connectivity index (χ1v) is 11.1. The number of sulfone groups is 1. The van der Waals surface area contributed by atoms with Crippen molar-refractivity contribution in [2.45, 2.75) is 11.1 Å². The maximum absolute atomic E-state index is 13.0.